The molecule has 0 fully saturated rings. The largest absolute Gasteiger partial charge is 0.389 e. The lowest BCUT2D eigenvalue weighted by molar-refractivity contribution is 0.0275. The van der Waals surface area contributed by atoms with Crippen LogP contribution >= 0.6 is 23.4 Å². The minimum Gasteiger partial charge on any atom is -0.389 e. The molecule has 0 saturated heterocycles. The van der Waals surface area contributed by atoms with Crippen LogP contribution in [0.15, 0.2) is 47.4 Å². The quantitative estimate of drug-likeness (QED) is 0.754. The highest BCUT2D eigenvalue weighted by Crippen LogP contribution is 2.36. The van der Waals surface area contributed by atoms with Crippen LogP contribution < -0.4 is 5.32 Å². The molecular formula is C19H21ClFNO2S. The Labute approximate surface area is 156 Å². The number of aliphatic hydroxyl groups is 1. The second-order valence-corrected chi connectivity index (χ2v) is 7.58. The number of thioether (sulfide) groups is 1. The van der Waals surface area contributed by atoms with Gasteiger partial charge in [-0.1, -0.05) is 29.8 Å². The maximum atomic E-state index is 13.5. The molecule has 1 aliphatic heterocycles. The first-order valence-corrected chi connectivity index (χ1v) is 9.64. The fraction of sp³-hybridized carbons (Fsp3) is 0.368. The Kier molecular flexibility index (Phi) is 6.73. The molecule has 0 aliphatic carbocycles. The highest BCUT2D eigenvalue weighted by Gasteiger charge is 2.21. The highest BCUT2D eigenvalue weighted by molar-refractivity contribution is 7.99. The van der Waals surface area contributed by atoms with Crippen molar-refractivity contribution in [2.24, 2.45) is 0 Å². The molecule has 2 N–H and O–H groups in total. The van der Waals surface area contributed by atoms with Crippen LogP contribution in [0.2, 0.25) is 5.02 Å². The topological polar surface area (TPSA) is 41.5 Å². The van der Waals surface area contributed by atoms with E-state index in [9.17, 15) is 9.50 Å². The fourth-order valence-corrected chi connectivity index (χ4v) is 4.13. The van der Waals surface area contributed by atoms with Crippen molar-refractivity contribution in [1.82, 2.24) is 5.32 Å². The van der Waals surface area contributed by atoms with E-state index >= 15 is 0 Å². The molecule has 0 bridgehead atoms. The van der Waals surface area contributed by atoms with Crippen molar-refractivity contribution >= 4 is 23.4 Å². The molecule has 0 radical (unpaired) electrons. The summed E-state index contributed by atoms with van der Waals surface area (Å²) in [6.07, 6.45) is 0.281. The molecule has 2 atom stereocenters. The van der Waals surface area contributed by atoms with Crippen molar-refractivity contribution < 1.29 is 14.2 Å². The van der Waals surface area contributed by atoms with E-state index in [2.05, 4.69) is 5.32 Å². The number of fused-ring (bicyclic) bond motifs is 1. The van der Waals surface area contributed by atoms with Gasteiger partial charge in [0.15, 0.2) is 0 Å². The Morgan fingerprint density at radius 2 is 2.16 bits per heavy atom. The number of nitrogens with one attached hydrogen (secondary N) is 1. The van der Waals surface area contributed by atoms with E-state index in [1.54, 1.807) is 17.8 Å². The molecule has 0 unspecified atom stereocenters. The van der Waals surface area contributed by atoms with Crippen molar-refractivity contribution in [2.45, 2.75) is 30.1 Å². The molecule has 3 nitrogen and oxygen atoms in total. The number of halogens is 2. The van der Waals surface area contributed by atoms with Gasteiger partial charge in [0.2, 0.25) is 0 Å². The van der Waals surface area contributed by atoms with Gasteiger partial charge in [-0.2, -0.15) is 0 Å². The second-order valence-electron chi connectivity index (χ2n) is 6.04. The predicted octanol–water partition coefficient (Wildman–Crippen LogP) is 4.18. The number of ether oxygens (including phenoxy) is 1. The summed E-state index contributed by atoms with van der Waals surface area (Å²) in [4.78, 5) is 1.11. The van der Waals surface area contributed by atoms with E-state index in [0.29, 0.717) is 18.2 Å². The summed E-state index contributed by atoms with van der Waals surface area (Å²) in [5.41, 5.74) is 1.87. The first-order valence-electron chi connectivity index (χ1n) is 8.28. The minimum atomic E-state index is -0.630. The van der Waals surface area contributed by atoms with Crippen molar-refractivity contribution in [3.8, 4) is 0 Å². The molecule has 0 spiro atoms. The standard InChI is InChI=1S/C19H21ClFNO2S/c20-17-4-2-1-3-13(17)11-24-12-15(23)10-22-18-7-8-25-19-6-5-14(21)9-16(18)19/h1-6,9,15,18,22-23H,7-8,10-12H2/t15-,18+/m0/s1. The Balaban J connectivity index is 1.46. The van der Waals surface area contributed by atoms with Crippen LogP contribution in [0, 0.1) is 5.82 Å². The van der Waals surface area contributed by atoms with Crippen LogP contribution in [0.5, 0.6) is 0 Å². The zero-order chi connectivity index (χ0) is 17.6. The van der Waals surface area contributed by atoms with E-state index in [0.717, 1.165) is 28.2 Å². The summed E-state index contributed by atoms with van der Waals surface area (Å²) in [5, 5.41) is 14.1. The van der Waals surface area contributed by atoms with E-state index in [4.69, 9.17) is 16.3 Å². The maximum Gasteiger partial charge on any atom is 0.123 e. The highest BCUT2D eigenvalue weighted by atomic mass is 35.5. The number of hydrogen-bond acceptors (Lipinski definition) is 4. The molecule has 25 heavy (non-hydrogen) atoms. The number of benzene rings is 2. The molecule has 6 heteroatoms. The van der Waals surface area contributed by atoms with Gasteiger partial charge in [-0.25, -0.2) is 4.39 Å². The third kappa shape index (κ3) is 5.19. The van der Waals surface area contributed by atoms with Crippen LogP contribution in [-0.2, 0) is 11.3 Å². The summed E-state index contributed by atoms with van der Waals surface area (Å²) in [6, 6.07) is 12.4. The number of rotatable bonds is 7. The van der Waals surface area contributed by atoms with Crippen molar-refractivity contribution in [3.63, 3.8) is 0 Å². The molecule has 3 rings (SSSR count). The monoisotopic (exact) mass is 381 g/mol. The van der Waals surface area contributed by atoms with Crippen molar-refractivity contribution in [1.29, 1.82) is 0 Å². The fourth-order valence-electron chi connectivity index (χ4n) is 2.83. The van der Waals surface area contributed by atoms with E-state index in [1.165, 1.54) is 6.07 Å². The third-order valence-corrected chi connectivity index (χ3v) is 5.63. The minimum absolute atomic E-state index is 0.0603. The molecular weight excluding hydrogens is 361 g/mol. The SMILES string of the molecule is O[C@@H](CN[C@@H]1CCSc2ccc(F)cc21)COCc1ccccc1Cl. The van der Waals surface area contributed by atoms with Gasteiger partial charge in [-0.3, -0.25) is 0 Å². The average Bonchev–Trinajstić information content (AvgIpc) is 2.61. The van der Waals surface area contributed by atoms with Gasteiger partial charge in [0.1, 0.15) is 5.82 Å². The summed E-state index contributed by atoms with van der Waals surface area (Å²) in [5.74, 6) is 0.756. The van der Waals surface area contributed by atoms with Gasteiger partial charge >= 0.3 is 0 Å². The average molecular weight is 382 g/mol. The summed E-state index contributed by atoms with van der Waals surface area (Å²) < 4.78 is 19.1. The molecule has 2 aromatic carbocycles. The third-order valence-electron chi connectivity index (χ3n) is 4.14. The first-order chi connectivity index (χ1) is 12.1. The van der Waals surface area contributed by atoms with Crippen LogP contribution in [-0.4, -0.2) is 30.1 Å². The Morgan fingerprint density at radius 1 is 1.32 bits per heavy atom. The molecule has 2 aromatic rings. The number of hydrogen-bond donors (Lipinski definition) is 2. The Hall–Kier alpha value is -1.11. The summed E-state index contributed by atoms with van der Waals surface area (Å²) >= 11 is 7.82. The first kappa shape index (κ1) is 18.7. The van der Waals surface area contributed by atoms with Gasteiger partial charge in [-0.05, 0) is 47.6 Å². The predicted molar refractivity (Wildman–Crippen MR) is 99.6 cm³/mol. The summed E-state index contributed by atoms with van der Waals surface area (Å²) in [6.45, 7) is 0.981. The lowest BCUT2D eigenvalue weighted by atomic mass is 10.0. The van der Waals surface area contributed by atoms with Crippen molar-refractivity contribution in [2.75, 3.05) is 18.9 Å². The van der Waals surface area contributed by atoms with E-state index < -0.39 is 6.10 Å². The van der Waals surface area contributed by atoms with Gasteiger partial charge in [-0.15, -0.1) is 11.8 Å². The smallest absolute Gasteiger partial charge is 0.123 e. The molecule has 1 aliphatic rings. The van der Waals surface area contributed by atoms with Crippen LogP contribution in [0.1, 0.15) is 23.6 Å². The molecule has 1 heterocycles. The Morgan fingerprint density at radius 3 is 3.00 bits per heavy atom. The normalized spacial score (nSPS) is 18.0. The van der Waals surface area contributed by atoms with Gasteiger partial charge in [0.25, 0.3) is 0 Å². The molecule has 134 valence electrons. The van der Waals surface area contributed by atoms with Crippen LogP contribution in [0.3, 0.4) is 0 Å². The van der Waals surface area contributed by atoms with Crippen molar-refractivity contribution in [3.05, 3.63) is 64.4 Å². The van der Waals surface area contributed by atoms with Crippen LogP contribution in [0.4, 0.5) is 4.39 Å². The van der Waals surface area contributed by atoms with E-state index in [-0.39, 0.29) is 18.5 Å². The van der Waals surface area contributed by atoms with Gasteiger partial charge in [0, 0.05) is 22.5 Å². The lowest BCUT2D eigenvalue weighted by Gasteiger charge is -2.27. The summed E-state index contributed by atoms with van der Waals surface area (Å²) in [7, 11) is 0. The Bertz CT molecular complexity index is 716. The second kappa shape index (κ2) is 9.01. The molecule has 0 aromatic heterocycles. The van der Waals surface area contributed by atoms with Gasteiger partial charge in [0.05, 0.1) is 19.3 Å². The molecule has 0 amide bonds. The molecule has 0 saturated carbocycles. The lowest BCUT2D eigenvalue weighted by Crippen LogP contribution is -2.34. The number of aliphatic hydroxyl groups excluding tert-OH is 1. The van der Waals surface area contributed by atoms with E-state index in [1.807, 2.05) is 30.3 Å². The maximum absolute atomic E-state index is 13.5. The zero-order valence-electron chi connectivity index (χ0n) is 13.8. The van der Waals surface area contributed by atoms with Crippen LogP contribution in [0.25, 0.3) is 0 Å². The van der Waals surface area contributed by atoms with Gasteiger partial charge < -0.3 is 15.2 Å². The zero-order valence-corrected chi connectivity index (χ0v) is 15.3.